The van der Waals surface area contributed by atoms with Crippen LogP contribution in [0.3, 0.4) is 0 Å². The first-order valence-electron chi connectivity index (χ1n) is 4.35. The number of rotatable bonds is 4. The van der Waals surface area contributed by atoms with Crippen molar-refractivity contribution in [3.63, 3.8) is 0 Å². The van der Waals surface area contributed by atoms with Crippen LogP contribution in [0.2, 0.25) is 6.04 Å². The van der Waals surface area contributed by atoms with Crippen LogP contribution < -0.4 is 0 Å². The standard InChI is InChI=1S/C8H21NSi.H4Si/c1-7(2)9(5-6-10)8(3)4;/h7-8H,5-6H2,1-4,10H3;1H4. The highest BCUT2D eigenvalue weighted by molar-refractivity contribution is 6.08. The zero-order chi connectivity index (χ0) is 8.15. The van der Waals surface area contributed by atoms with Crippen molar-refractivity contribution < 1.29 is 0 Å². The summed E-state index contributed by atoms with van der Waals surface area (Å²) < 4.78 is 0. The SMILES string of the molecule is CC(C)N(CC[SiH3])C(C)C.[SiH4]. The third-order valence-corrected chi connectivity index (χ3v) is 2.26. The highest BCUT2D eigenvalue weighted by Gasteiger charge is 2.10. The van der Waals surface area contributed by atoms with Gasteiger partial charge in [0.1, 0.15) is 0 Å². The Bertz CT molecular complexity index is 76.2. The predicted octanol–water partition coefficient (Wildman–Crippen LogP) is -0.563. The van der Waals surface area contributed by atoms with E-state index in [1.165, 1.54) is 22.8 Å². The fraction of sp³-hybridized carbons (Fsp3) is 1.00. The van der Waals surface area contributed by atoms with E-state index in [1.54, 1.807) is 0 Å². The second-order valence-corrected chi connectivity index (χ2v) is 4.43. The molecule has 0 aromatic heterocycles. The molecule has 0 radical (unpaired) electrons. The third kappa shape index (κ3) is 5.64. The van der Waals surface area contributed by atoms with Gasteiger partial charge in [-0.2, -0.15) is 0 Å². The van der Waals surface area contributed by atoms with Crippen LogP contribution in [-0.4, -0.2) is 44.7 Å². The minimum absolute atomic E-state index is 0. The number of hydrogen-bond acceptors (Lipinski definition) is 1. The lowest BCUT2D eigenvalue weighted by molar-refractivity contribution is 0.185. The van der Waals surface area contributed by atoms with Gasteiger partial charge in [-0.3, -0.25) is 4.90 Å². The molecule has 0 aliphatic heterocycles. The molecule has 0 aliphatic carbocycles. The van der Waals surface area contributed by atoms with Gasteiger partial charge in [-0.1, -0.05) is 6.04 Å². The van der Waals surface area contributed by atoms with Crippen LogP contribution in [0.1, 0.15) is 27.7 Å². The van der Waals surface area contributed by atoms with E-state index in [9.17, 15) is 0 Å². The lowest BCUT2D eigenvalue weighted by Gasteiger charge is -2.29. The molecule has 0 saturated heterocycles. The molecule has 0 aromatic carbocycles. The predicted molar refractivity (Wildman–Crippen MR) is 63.1 cm³/mol. The molecule has 0 amide bonds. The van der Waals surface area contributed by atoms with Gasteiger partial charge in [0.05, 0.1) is 0 Å². The first kappa shape index (κ1) is 13.9. The third-order valence-electron chi connectivity index (χ3n) is 1.81. The first-order chi connectivity index (χ1) is 4.59. The Kier molecular flexibility index (Phi) is 8.96. The summed E-state index contributed by atoms with van der Waals surface area (Å²) in [5.41, 5.74) is 0. The summed E-state index contributed by atoms with van der Waals surface area (Å²) >= 11 is 0. The van der Waals surface area contributed by atoms with Gasteiger partial charge >= 0.3 is 0 Å². The Morgan fingerprint density at radius 3 is 1.55 bits per heavy atom. The molecule has 0 atom stereocenters. The van der Waals surface area contributed by atoms with E-state index in [1.807, 2.05) is 0 Å². The topological polar surface area (TPSA) is 3.24 Å². The van der Waals surface area contributed by atoms with Gasteiger partial charge in [0.25, 0.3) is 0 Å². The van der Waals surface area contributed by atoms with Crippen molar-refractivity contribution in [2.45, 2.75) is 45.8 Å². The fourth-order valence-electron chi connectivity index (χ4n) is 1.37. The van der Waals surface area contributed by atoms with Crippen LogP contribution in [0.5, 0.6) is 0 Å². The molecule has 11 heavy (non-hydrogen) atoms. The maximum absolute atomic E-state index is 2.55. The highest BCUT2D eigenvalue weighted by atomic mass is 28.1. The van der Waals surface area contributed by atoms with Crippen LogP contribution >= 0.6 is 0 Å². The van der Waals surface area contributed by atoms with Crippen LogP contribution in [0.25, 0.3) is 0 Å². The van der Waals surface area contributed by atoms with Crippen LogP contribution in [0.4, 0.5) is 0 Å². The Balaban J connectivity index is 0. The van der Waals surface area contributed by atoms with Gasteiger partial charge in [-0.25, -0.2) is 0 Å². The normalized spacial score (nSPS) is 11.2. The summed E-state index contributed by atoms with van der Waals surface area (Å²) in [4.78, 5) is 2.55. The van der Waals surface area contributed by atoms with Crippen molar-refractivity contribution in [2.24, 2.45) is 0 Å². The zero-order valence-electron chi connectivity index (χ0n) is 8.02. The first-order valence-corrected chi connectivity index (χ1v) is 5.76. The Labute approximate surface area is 79.0 Å². The summed E-state index contributed by atoms with van der Waals surface area (Å²) in [6.07, 6.45) is 0. The average Bonchev–Trinajstić information content (AvgIpc) is 1.81. The molecule has 0 bridgehead atoms. The molecular formula is C8H25NSi2. The van der Waals surface area contributed by atoms with Crippen molar-refractivity contribution in [1.29, 1.82) is 0 Å². The molecule has 0 unspecified atom stereocenters. The van der Waals surface area contributed by atoms with Crippen molar-refractivity contribution in [2.75, 3.05) is 6.54 Å². The summed E-state index contributed by atoms with van der Waals surface area (Å²) in [5.74, 6) is 0. The second-order valence-electron chi connectivity index (χ2n) is 3.43. The highest BCUT2D eigenvalue weighted by Crippen LogP contribution is 2.04. The maximum Gasteiger partial charge on any atom is 0.00442 e. The van der Waals surface area contributed by atoms with Crippen molar-refractivity contribution in [1.82, 2.24) is 4.90 Å². The van der Waals surface area contributed by atoms with E-state index in [2.05, 4.69) is 32.6 Å². The summed E-state index contributed by atoms with van der Waals surface area (Å²) in [7, 11) is 1.34. The molecule has 0 saturated carbocycles. The molecular weight excluding hydrogens is 166 g/mol. The second kappa shape index (κ2) is 7.07. The smallest absolute Gasteiger partial charge is 0.00442 e. The molecule has 0 aromatic rings. The van der Waals surface area contributed by atoms with Gasteiger partial charge in [-0.15, -0.1) is 0 Å². The van der Waals surface area contributed by atoms with Crippen LogP contribution in [0, 0.1) is 0 Å². The zero-order valence-corrected chi connectivity index (χ0v) is 10.0. The average molecular weight is 191 g/mol. The van der Waals surface area contributed by atoms with E-state index in [-0.39, 0.29) is 11.0 Å². The molecule has 0 heterocycles. The molecule has 0 aliphatic rings. The van der Waals surface area contributed by atoms with E-state index < -0.39 is 0 Å². The summed E-state index contributed by atoms with van der Waals surface area (Å²) in [5, 5.41) is 0. The minimum Gasteiger partial charge on any atom is -0.299 e. The Morgan fingerprint density at radius 2 is 1.45 bits per heavy atom. The minimum atomic E-state index is 0. The lowest BCUT2D eigenvalue weighted by atomic mass is 10.2. The van der Waals surface area contributed by atoms with Crippen molar-refractivity contribution in [3.8, 4) is 0 Å². The molecule has 3 heteroatoms. The molecule has 70 valence electrons. The van der Waals surface area contributed by atoms with Gasteiger partial charge in [0, 0.05) is 22.3 Å². The van der Waals surface area contributed by atoms with Crippen molar-refractivity contribution >= 4 is 21.2 Å². The largest absolute Gasteiger partial charge is 0.299 e. The van der Waals surface area contributed by atoms with Crippen LogP contribution in [0.15, 0.2) is 0 Å². The Morgan fingerprint density at radius 1 is 1.09 bits per heavy atom. The summed E-state index contributed by atoms with van der Waals surface area (Å²) in [6, 6.07) is 2.83. The quantitative estimate of drug-likeness (QED) is 0.539. The maximum atomic E-state index is 2.55. The van der Waals surface area contributed by atoms with Crippen molar-refractivity contribution in [3.05, 3.63) is 0 Å². The van der Waals surface area contributed by atoms with Gasteiger partial charge in [-0.05, 0) is 45.2 Å². The molecule has 0 spiro atoms. The molecule has 0 fully saturated rings. The summed E-state index contributed by atoms with van der Waals surface area (Å²) in [6.45, 7) is 10.4. The lowest BCUT2D eigenvalue weighted by Crippen LogP contribution is -2.37. The molecule has 0 rings (SSSR count). The molecule has 1 nitrogen and oxygen atoms in total. The van der Waals surface area contributed by atoms with E-state index in [0.717, 1.165) is 0 Å². The number of nitrogens with zero attached hydrogens (tertiary/aromatic N) is 1. The molecule has 0 N–H and O–H groups in total. The number of hydrogen-bond donors (Lipinski definition) is 0. The van der Waals surface area contributed by atoms with E-state index >= 15 is 0 Å². The van der Waals surface area contributed by atoms with Gasteiger partial charge < -0.3 is 0 Å². The van der Waals surface area contributed by atoms with Gasteiger partial charge in [0.15, 0.2) is 0 Å². The fourth-order valence-corrected chi connectivity index (χ4v) is 1.89. The van der Waals surface area contributed by atoms with Gasteiger partial charge in [0.2, 0.25) is 0 Å². The van der Waals surface area contributed by atoms with E-state index in [4.69, 9.17) is 0 Å². The Hall–Kier alpha value is 0.394. The van der Waals surface area contributed by atoms with Crippen LogP contribution in [-0.2, 0) is 0 Å². The van der Waals surface area contributed by atoms with E-state index in [0.29, 0.717) is 12.1 Å². The monoisotopic (exact) mass is 191 g/mol.